The summed E-state index contributed by atoms with van der Waals surface area (Å²) >= 11 is 0. The first kappa shape index (κ1) is 17.3. The van der Waals surface area contributed by atoms with E-state index in [1.54, 1.807) is 6.92 Å². The number of hydrogen-bond donors (Lipinski definition) is 0. The van der Waals surface area contributed by atoms with Crippen LogP contribution in [-0.2, 0) is 18.4 Å². The Morgan fingerprint density at radius 2 is 1.78 bits per heavy atom. The largest absolute Gasteiger partial charge is 0.462 e. The van der Waals surface area contributed by atoms with Crippen LogP contribution >= 0.6 is 0 Å². The van der Waals surface area contributed by atoms with E-state index in [0.29, 0.717) is 30.9 Å². The van der Waals surface area contributed by atoms with Gasteiger partial charge in [-0.3, -0.25) is 0 Å². The van der Waals surface area contributed by atoms with Gasteiger partial charge in [0.1, 0.15) is 0 Å². The van der Waals surface area contributed by atoms with Gasteiger partial charge in [-0.25, -0.2) is 4.79 Å². The lowest BCUT2D eigenvalue weighted by molar-refractivity contribution is -0.139. The van der Waals surface area contributed by atoms with Gasteiger partial charge in [-0.2, -0.15) is 0 Å². The van der Waals surface area contributed by atoms with Crippen LogP contribution in [0.3, 0.4) is 0 Å². The van der Waals surface area contributed by atoms with E-state index >= 15 is 0 Å². The third kappa shape index (κ3) is 6.93. The van der Waals surface area contributed by atoms with Gasteiger partial charge in [-0.15, -0.1) is 0 Å². The van der Waals surface area contributed by atoms with Crippen molar-refractivity contribution in [2.24, 2.45) is 0 Å². The Kier molecular flexibility index (Phi) is 9.91. The van der Waals surface area contributed by atoms with Crippen LogP contribution < -0.4 is 0 Å². The molecule has 0 saturated carbocycles. The highest BCUT2D eigenvalue weighted by molar-refractivity contribution is 6.46. The van der Waals surface area contributed by atoms with Crippen LogP contribution in [0.5, 0.6) is 0 Å². The SMILES string of the molecule is C=C(C)C(=O)OCCC(CC)[SiH](OCC)OCC. The summed E-state index contributed by atoms with van der Waals surface area (Å²) in [6, 6.07) is 0. The summed E-state index contributed by atoms with van der Waals surface area (Å²) in [6.07, 6.45) is 1.79. The van der Waals surface area contributed by atoms with Gasteiger partial charge in [-0.1, -0.05) is 19.9 Å². The Balaban J connectivity index is 4.14. The van der Waals surface area contributed by atoms with Gasteiger partial charge < -0.3 is 13.6 Å². The molecule has 1 atom stereocenters. The average molecular weight is 274 g/mol. The molecule has 0 fully saturated rings. The smallest absolute Gasteiger partial charge is 0.333 e. The molecule has 0 bridgehead atoms. The molecule has 0 aromatic rings. The van der Waals surface area contributed by atoms with Crippen molar-refractivity contribution in [2.75, 3.05) is 19.8 Å². The third-order valence-corrected chi connectivity index (χ3v) is 5.54. The Bertz CT molecular complexity index is 249. The summed E-state index contributed by atoms with van der Waals surface area (Å²) in [4.78, 5) is 11.3. The molecule has 0 aliphatic rings. The van der Waals surface area contributed by atoms with Crippen molar-refractivity contribution in [2.45, 2.75) is 46.1 Å². The van der Waals surface area contributed by atoms with Gasteiger partial charge in [0.15, 0.2) is 0 Å². The lowest BCUT2D eigenvalue weighted by Gasteiger charge is -2.23. The standard InChI is InChI=1S/C13H26O4Si/c1-6-12(18(16-7-2)17-8-3)9-10-15-13(14)11(4)5/h12,18H,4,6-10H2,1-3,5H3. The van der Waals surface area contributed by atoms with Crippen LogP contribution in [0.15, 0.2) is 12.2 Å². The molecule has 5 heteroatoms. The maximum Gasteiger partial charge on any atom is 0.333 e. The molecule has 1 unspecified atom stereocenters. The van der Waals surface area contributed by atoms with Gasteiger partial charge in [0.25, 0.3) is 0 Å². The Morgan fingerprint density at radius 1 is 1.22 bits per heavy atom. The van der Waals surface area contributed by atoms with Crippen molar-refractivity contribution in [3.05, 3.63) is 12.2 Å². The van der Waals surface area contributed by atoms with Crippen LogP contribution in [0.4, 0.5) is 0 Å². The monoisotopic (exact) mass is 274 g/mol. The Morgan fingerprint density at radius 3 is 2.17 bits per heavy atom. The van der Waals surface area contributed by atoms with Crippen molar-refractivity contribution in [1.82, 2.24) is 0 Å². The highest BCUT2D eigenvalue weighted by Crippen LogP contribution is 2.21. The molecule has 106 valence electrons. The fourth-order valence-corrected chi connectivity index (χ4v) is 3.70. The van der Waals surface area contributed by atoms with Crippen LogP contribution in [0.25, 0.3) is 0 Å². The minimum absolute atomic E-state index is 0.323. The van der Waals surface area contributed by atoms with E-state index < -0.39 is 9.28 Å². The molecule has 0 aliphatic heterocycles. The van der Waals surface area contributed by atoms with Crippen LogP contribution in [0.1, 0.15) is 40.5 Å². The third-order valence-electron chi connectivity index (χ3n) is 2.64. The molecule has 4 nitrogen and oxygen atoms in total. The summed E-state index contributed by atoms with van der Waals surface area (Å²) in [5.74, 6) is -0.323. The second-order valence-corrected chi connectivity index (χ2v) is 6.50. The quantitative estimate of drug-likeness (QED) is 0.349. The summed E-state index contributed by atoms with van der Waals surface area (Å²) in [6.45, 7) is 13.0. The van der Waals surface area contributed by atoms with Crippen molar-refractivity contribution >= 4 is 15.3 Å². The van der Waals surface area contributed by atoms with Gasteiger partial charge in [0.05, 0.1) is 6.61 Å². The first-order chi connectivity index (χ1) is 8.56. The number of carbonyl (C=O) groups excluding carboxylic acids is 1. The number of rotatable bonds is 10. The molecular formula is C13H26O4Si. The van der Waals surface area contributed by atoms with E-state index in [2.05, 4.69) is 13.5 Å². The first-order valence-electron chi connectivity index (χ1n) is 6.62. The molecule has 0 saturated heterocycles. The molecule has 0 aromatic heterocycles. The van der Waals surface area contributed by atoms with Crippen molar-refractivity contribution in [1.29, 1.82) is 0 Å². The lowest BCUT2D eigenvalue weighted by atomic mass is 10.2. The van der Waals surface area contributed by atoms with Crippen molar-refractivity contribution in [3.8, 4) is 0 Å². The van der Waals surface area contributed by atoms with Crippen LogP contribution in [-0.4, -0.2) is 35.1 Å². The number of ether oxygens (including phenoxy) is 1. The molecule has 0 N–H and O–H groups in total. The molecule has 0 amide bonds. The highest BCUT2D eigenvalue weighted by Gasteiger charge is 2.24. The predicted molar refractivity (Wildman–Crippen MR) is 74.8 cm³/mol. The van der Waals surface area contributed by atoms with Gasteiger partial charge in [-0.05, 0) is 27.2 Å². The zero-order valence-corrected chi connectivity index (χ0v) is 13.2. The van der Waals surface area contributed by atoms with E-state index in [0.717, 1.165) is 12.8 Å². The van der Waals surface area contributed by atoms with Crippen LogP contribution in [0.2, 0.25) is 5.54 Å². The first-order valence-corrected chi connectivity index (χ1v) is 8.23. The maximum absolute atomic E-state index is 11.3. The van der Waals surface area contributed by atoms with Crippen molar-refractivity contribution < 1.29 is 18.4 Å². The number of carbonyl (C=O) groups is 1. The summed E-state index contributed by atoms with van der Waals surface area (Å²) in [5, 5.41) is 0. The fourth-order valence-electron chi connectivity index (χ4n) is 1.61. The van der Waals surface area contributed by atoms with E-state index in [-0.39, 0.29) is 5.97 Å². The highest BCUT2D eigenvalue weighted by atomic mass is 28.3. The van der Waals surface area contributed by atoms with Crippen LogP contribution in [0, 0.1) is 0 Å². The maximum atomic E-state index is 11.3. The molecule has 0 heterocycles. The van der Waals surface area contributed by atoms with E-state index in [1.807, 2.05) is 13.8 Å². The zero-order valence-electron chi connectivity index (χ0n) is 12.0. The molecule has 0 aliphatic carbocycles. The van der Waals surface area contributed by atoms with Crippen molar-refractivity contribution in [3.63, 3.8) is 0 Å². The normalized spacial score (nSPS) is 12.5. The Labute approximate surface area is 112 Å². The average Bonchev–Trinajstić information content (AvgIpc) is 2.34. The molecule has 0 rings (SSSR count). The summed E-state index contributed by atoms with van der Waals surface area (Å²) in [7, 11) is -1.65. The minimum Gasteiger partial charge on any atom is -0.462 e. The van der Waals surface area contributed by atoms with E-state index in [4.69, 9.17) is 13.6 Å². The Hall–Kier alpha value is -0.653. The molecular weight excluding hydrogens is 248 g/mol. The second-order valence-electron chi connectivity index (χ2n) is 4.15. The second kappa shape index (κ2) is 10.3. The molecule has 18 heavy (non-hydrogen) atoms. The predicted octanol–water partition coefficient (Wildman–Crippen LogP) is 2.57. The van der Waals surface area contributed by atoms with E-state index in [1.165, 1.54) is 0 Å². The molecule has 0 radical (unpaired) electrons. The van der Waals surface area contributed by atoms with Gasteiger partial charge >= 0.3 is 15.3 Å². The van der Waals surface area contributed by atoms with Gasteiger partial charge in [0, 0.05) is 24.3 Å². The topological polar surface area (TPSA) is 44.8 Å². The summed E-state index contributed by atoms with van der Waals surface area (Å²) in [5.41, 5.74) is 0.814. The lowest BCUT2D eigenvalue weighted by Crippen LogP contribution is -2.30. The van der Waals surface area contributed by atoms with E-state index in [9.17, 15) is 4.79 Å². The number of hydrogen-bond acceptors (Lipinski definition) is 4. The number of esters is 1. The zero-order chi connectivity index (χ0) is 14.0. The fraction of sp³-hybridized carbons (Fsp3) is 0.769. The van der Waals surface area contributed by atoms with Gasteiger partial charge in [0.2, 0.25) is 0 Å². The minimum atomic E-state index is -1.65. The molecule has 0 spiro atoms. The molecule has 0 aromatic carbocycles. The summed E-state index contributed by atoms with van der Waals surface area (Å²) < 4.78 is 16.5.